The fourth-order valence-electron chi connectivity index (χ4n) is 1.89. The van der Waals surface area contributed by atoms with Crippen molar-refractivity contribution < 1.29 is 9.52 Å². The second kappa shape index (κ2) is 7.93. The van der Waals surface area contributed by atoms with Gasteiger partial charge in [-0.2, -0.15) is 11.8 Å². The van der Waals surface area contributed by atoms with Crippen LogP contribution in [-0.4, -0.2) is 39.5 Å². The zero-order valence-electron chi connectivity index (χ0n) is 11.9. The molecule has 0 aliphatic heterocycles. The maximum atomic E-state index is 9.26. The van der Waals surface area contributed by atoms with Crippen LogP contribution in [0.1, 0.15) is 12.8 Å². The first-order valence-corrected chi connectivity index (χ1v) is 8.68. The second-order valence-corrected chi connectivity index (χ2v) is 6.54. The molecule has 21 heavy (non-hydrogen) atoms. The standard InChI is InChI=1S/C14H18BrN3O2S/c1-9(12(8-19)21-2)16-7-13-17-18-14(20-13)10-5-3-4-6-11(10)15/h3-6,9,12,16,19H,7-8H2,1-2H3. The fraction of sp³-hybridized carbons (Fsp3) is 0.429. The van der Waals surface area contributed by atoms with Crippen LogP contribution in [0.15, 0.2) is 33.2 Å². The van der Waals surface area contributed by atoms with Gasteiger partial charge in [0.25, 0.3) is 0 Å². The Morgan fingerprint density at radius 1 is 1.38 bits per heavy atom. The van der Waals surface area contributed by atoms with Gasteiger partial charge in [-0.05, 0) is 41.2 Å². The third-order valence-corrected chi connectivity index (χ3v) is 5.04. The number of rotatable bonds is 7. The Morgan fingerprint density at radius 2 is 2.14 bits per heavy atom. The summed E-state index contributed by atoms with van der Waals surface area (Å²) < 4.78 is 6.58. The van der Waals surface area contributed by atoms with E-state index in [9.17, 15) is 5.11 Å². The number of thioether (sulfide) groups is 1. The molecule has 1 aromatic carbocycles. The van der Waals surface area contributed by atoms with Crippen LogP contribution in [0.25, 0.3) is 11.5 Å². The van der Waals surface area contributed by atoms with Gasteiger partial charge in [0, 0.05) is 15.8 Å². The molecule has 2 unspecified atom stereocenters. The Balaban J connectivity index is 1.99. The summed E-state index contributed by atoms with van der Waals surface area (Å²) in [6.07, 6.45) is 1.98. The topological polar surface area (TPSA) is 71.2 Å². The molecule has 7 heteroatoms. The van der Waals surface area contributed by atoms with Crippen molar-refractivity contribution in [2.45, 2.75) is 24.8 Å². The molecule has 2 atom stereocenters. The van der Waals surface area contributed by atoms with Crippen molar-refractivity contribution in [1.29, 1.82) is 0 Å². The summed E-state index contributed by atoms with van der Waals surface area (Å²) in [5.41, 5.74) is 0.877. The highest BCUT2D eigenvalue weighted by atomic mass is 79.9. The molecule has 0 spiro atoms. The maximum Gasteiger partial charge on any atom is 0.248 e. The van der Waals surface area contributed by atoms with E-state index in [1.807, 2.05) is 37.4 Å². The molecule has 0 amide bonds. The summed E-state index contributed by atoms with van der Waals surface area (Å²) in [4.78, 5) is 0. The van der Waals surface area contributed by atoms with Crippen molar-refractivity contribution in [2.75, 3.05) is 12.9 Å². The van der Waals surface area contributed by atoms with Gasteiger partial charge in [0.2, 0.25) is 11.8 Å². The monoisotopic (exact) mass is 371 g/mol. The van der Waals surface area contributed by atoms with Crippen LogP contribution >= 0.6 is 27.7 Å². The zero-order valence-corrected chi connectivity index (χ0v) is 14.3. The molecule has 0 saturated heterocycles. The number of benzene rings is 1. The minimum atomic E-state index is 0.140. The molecular weight excluding hydrogens is 354 g/mol. The van der Waals surface area contributed by atoms with Gasteiger partial charge in [0.15, 0.2) is 0 Å². The molecule has 0 fully saturated rings. The predicted molar refractivity (Wildman–Crippen MR) is 88.1 cm³/mol. The molecule has 1 heterocycles. The number of aromatic nitrogens is 2. The minimum Gasteiger partial charge on any atom is -0.419 e. The summed E-state index contributed by atoms with van der Waals surface area (Å²) in [5, 5.41) is 20.8. The van der Waals surface area contributed by atoms with E-state index in [4.69, 9.17) is 4.42 Å². The number of halogens is 1. The molecule has 0 saturated carbocycles. The van der Waals surface area contributed by atoms with Gasteiger partial charge in [0.1, 0.15) is 0 Å². The van der Waals surface area contributed by atoms with Crippen molar-refractivity contribution >= 4 is 27.7 Å². The molecule has 0 aliphatic carbocycles. The molecular formula is C14H18BrN3O2S. The van der Waals surface area contributed by atoms with Gasteiger partial charge < -0.3 is 14.8 Å². The molecule has 2 N–H and O–H groups in total. The Kier molecular flexibility index (Phi) is 6.22. The molecule has 5 nitrogen and oxygen atoms in total. The van der Waals surface area contributed by atoms with Crippen LogP contribution in [0.2, 0.25) is 0 Å². The molecule has 2 rings (SSSR count). The normalized spacial score (nSPS) is 14.1. The molecule has 2 aromatic rings. The summed E-state index contributed by atoms with van der Waals surface area (Å²) in [6.45, 7) is 2.65. The van der Waals surface area contributed by atoms with Crippen LogP contribution < -0.4 is 5.32 Å². The lowest BCUT2D eigenvalue weighted by molar-refractivity contribution is 0.274. The summed E-state index contributed by atoms with van der Waals surface area (Å²) in [6, 6.07) is 7.88. The van der Waals surface area contributed by atoms with E-state index >= 15 is 0 Å². The second-order valence-electron chi connectivity index (χ2n) is 4.61. The van der Waals surface area contributed by atoms with Gasteiger partial charge in [-0.25, -0.2) is 0 Å². The van der Waals surface area contributed by atoms with Gasteiger partial charge in [-0.3, -0.25) is 0 Å². The average Bonchev–Trinajstić information content (AvgIpc) is 2.95. The zero-order chi connectivity index (χ0) is 15.2. The number of nitrogens with zero attached hydrogens (tertiary/aromatic N) is 2. The minimum absolute atomic E-state index is 0.140. The van der Waals surface area contributed by atoms with Crippen molar-refractivity contribution in [2.24, 2.45) is 0 Å². The number of hydrogen-bond donors (Lipinski definition) is 2. The summed E-state index contributed by atoms with van der Waals surface area (Å²) in [7, 11) is 0. The number of aliphatic hydroxyl groups is 1. The number of nitrogens with one attached hydrogen (secondary N) is 1. The number of aliphatic hydroxyl groups excluding tert-OH is 1. The Morgan fingerprint density at radius 3 is 2.81 bits per heavy atom. The Bertz CT molecular complexity index is 575. The molecule has 114 valence electrons. The highest BCUT2D eigenvalue weighted by Gasteiger charge is 2.16. The van der Waals surface area contributed by atoms with E-state index in [2.05, 4.69) is 31.4 Å². The Labute approximate surface area is 136 Å². The smallest absolute Gasteiger partial charge is 0.248 e. The average molecular weight is 372 g/mol. The van der Waals surface area contributed by atoms with E-state index in [1.165, 1.54) is 0 Å². The van der Waals surface area contributed by atoms with Crippen LogP contribution in [0.3, 0.4) is 0 Å². The van der Waals surface area contributed by atoms with Crippen molar-refractivity contribution in [3.63, 3.8) is 0 Å². The van der Waals surface area contributed by atoms with E-state index < -0.39 is 0 Å². The molecule has 0 radical (unpaired) electrons. The highest BCUT2D eigenvalue weighted by molar-refractivity contribution is 9.10. The van der Waals surface area contributed by atoms with Crippen molar-refractivity contribution in [3.8, 4) is 11.5 Å². The SMILES string of the molecule is CSC(CO)C(C)NCc1nnc(-c2ccccc2Br)o1. The van der Waals surface area contributed by atoms with E-state index in [0.717, 1.165) is 10.0 Å². The van der Waals surface area contributed by atoms with Gasteiger partial charge >= 0.3 is 0 Å². The third-order valence-electron chi connectivity index (χ3n) is 3.19. The maximum absolute atomic E-state index is 9.26. The van der Waals surface area contributed by atoms with E-state index in [-0.39, 0.29) is 17.9 Å². The van der Waals surface area contributed by atoms with E-state index in [0.29, 0.717) is 18.3 Å². The first kappa shape index (κ1) is 16.5. The first-order chi connectivity index (χ1) is 10.2. The van der Waals surface area contributed by atoms with Crippen molar-refractivity contribution in [3.05, 3.63) is 34.6 Å². The third kappa shape index (κ3) is 4.29. The van der Waals surface area contributed by atoms with E-state index in [1.54, 1.807) is 11.8 Å². The van der Waals surface area contributed by atoms with Crippen LogP contribution in [0.5, 0.6) is 0 Å². The lowest BCUT2D eigenvalue weighted by Crippen LogP contribution is -2.37. The van der Waals surface area contributed by atoms with Crippen LogP contribution in [0, 0.1) is 0 Å². The van der Waals surface area contributed by atoms with Gasteiger partial charge in [-0.1, -0.05) is 12.1 Å². The summed E-state index contributed by atoms with van der Waals surface area (Å²) >= 11 is 5.10. The number of hydrogen-bond acceptors (Lipinski definition) is 6. The lowest BCUT2D eigenvalue weighted by Gasteiger charge is -2.20. The Hall–Kier alpha value is -0.890. The molecule has 0 aliphatic rings. The van der Waals surface area contributed by atoms with Gasteiger partial charge in [-0.15, -0.1) is 10.2 Å². The van der Waals surface area contributed by atoms with Gasteiger partial charge in [0.05, 0.1) is 18.7 Å². The molecule has 0 bridgehead atoms. The molecule has 1 aromatic heterocycles. The first-order valence-electron chi connectivity index (χ1n) is 6.60. The van der Waals surface area contributed by atoms with Crippen LogP contribution in [-0.2, 0) is 6.54 Å². The predicted octanol–water partition coefficient (Wildman–Crippen LogP) is 2.70. The largest absolute Gasteiger partial charge is 0.419 e. The fourth-order valence-corrected chi connectivity index (χ4v) is 2.99. The summed E-state index contributed by atoms with van der Waals surface area (Å²) in [5.74, 6) is 1.03. The lowest BCUT2D eigenvalue weighted by atomic mass is 10.2. The van der Waals surface area contributed by atoms with Crippen LogP contribution in [0.4, 0.5) is 0 Å². The quantitative estimate of drug-likeness (QED) is 0.779. The highest BCUT2D eigenvalue weighted by Crippen LogP contribution is 2.26. The van der Waals surface area contributed by atoms with Crippen molar-refractivity contribution in [1.82, 2.24) is 15.5 Å².